The molecule has 4 nitrogen and oxygen atoms in total. The van der Waals surface area contributed by atoms with Gasteiger partial charge in [0.25, 0.3) is 0 Å². The van der Waals surface area contributed by atoms with Crippen molar-refractivity contribution in [2.24, 2.45) is 0 Å². The minimum atomic E-state index is 0.236. The van der Waals surface area contributed by atoms with E-state index in [0.717, 1.165) is 17.5 Å². The fourth-order valence-electron chi connectivity index (χ4n) is 1.76. The summed E-state index contributed by atoms with van der Waals surface area (Å²) in [5.74, 6) is 0.600. The first-order valence-corrected chi connectivity index (χ1v) is 5.61. The van der Waals surface area contributed by atoms with Gasteiger partial charge in [-0.2, -0.15) is 5.10 Å². The van der Waals surface area contributed by atoms with E-state index in [1.807, 2.05) is 0 Å². The molecule has 1 heterocycles. The predicted molar refractivity (Wildman–Crippen MR) is 68.6 cm³/mol. The van der Waals surface area contributed by atoms with Crippen LogP contribution in [0.15, 0.2) is 30.5 Å². The first-order valence-electron chi connectivity index (χ1n) is 5.61. The van der Waals surface area contributed by atoms with Crippen LogP contribution in [0.3, 0.4) is 0 Å². The maximum absolute atomic E-state index is 5.77. The highest BCUT2D eigenvalue weighted by Gasteiger charge is 2.05. The number of H-pyrrole nitrogens is 1. The molecule has 0 aliphatic rings. The number of rotatable bonds is 4. The van der Waals surface area contributed by atoms with Gasteiger partial charge in [0.15, 0.2) is 0 Å². The maximum atomic E-state index is 5.77. The Morgan fingerprint density at radius 3 is 2.59 bits per heavy atom. The third kappa shape index (κ3) is 2.65. The Labute approximate surface area is 101 Å². The monoisotopic (exact) mass is 231 g/mol. The van der Waals surface area contributed by atoms with Gasteiger partial charge in [-0.15, -0.1) is 0 Å². The van der Waals surface area contributed by atoms with Crippen molar-refractivity contribution in [1.82, 2.24) is 10.2 Å². The minimum Gasteiger partial charge on any atom is -0.384 e. The smallest absolute Gasteiger partial charge is 0.126 e. The van der Waals surface area contributed by atoms with Gasteiger partial charge in [-0.05, 0) is 24.5 Å². The minimum absolute atomic E-state index is 0.236. The van der Waals surface area contributed by atoms with Crippen LogP contribution < -0.4 is 5.73 Å². The summed E-state index contributed by atoms with van der Waals surface area (Å²) in [6, 6.07) is 8.30. The first kappa shape index (κ1) is 11.7. The third-order valence-corrected chi connectivity index (χ3v) is 2.86. The van der Waals surface area contributed by atoms with Gasteiger partial charge >= 0.3 is 0 Å². The number of ether oxygens (including phenoxy) is 1. The molecule has 0 radical (unpaired) electrons. The molecule has 3 N–H and O–H groups in total. The van der Waals surface area contributed by atoms with E-state index in [-0.39, 0.29) is 6.10 Å². The highest BCUT2D eigenvalue weighted by atomic mass is 16.5. The van der Waals surface area contributed by atoms with Crippen LogP contribution in [-0.4, -0.2) is 23.4 Å². The van der Waals surface area contributed by atoms with Gasteiger partial charge in [-0.3, -0.25) is 5.10 Å². The molecule has 2 aromatic rings. The molecule has 2 rings (SSSR count). The molecule has 0 saturated carbocycles. The molecule has 90 valence electrons. The number of hydrogen-bond acceptors (Lipinski definition) is 3. The van der Waals surface area contributed by atoms with Crippen LogP contribution in [0, 0.1) is 0 Å². The van der Waals surface area contributed by atoms with Crippen LogP contribution in [-0.2, 0) is 11.2 Å². The zero-order valence-electron chi connectivity index (χ0n) is 10.1. The molecule has 0 fully saturated rings. The van der Waals surface area contributed by atoms with Crippen LogP contribution in [0.1, 0.15) is 12.5 Å². The number of anilines is 1. The molecular weight excluding hydrogens is 214 g/mol. The van der Waals surface area contributed by atoms with E-state index in [1.54, 1.807) is 13.3 Å². The summed E-state index contributed by atoms with van der Waals surface area (Å²) in [6.45, 7) is 2.06. The number of nitrogen functional groups attached to an aromatic ring is 1. The Bertz CT molecular complexity index is 476. The molecule has 0 bridgehead atoms. The number of aromatic amines is 1. The van der Waals surface area contributed by atoms with Gasteiger partial charge in [0.1, 0.15) is 5.82 Å². The summed E-state index contributed by atoms with van der Waals surface area (Å²) in [5, 5.41) is 6.64. The van der Waals surface area contributed by atoms with E-state index in [9.17, 15) is 0 Å². The summed E-state index contributed by atoms with van der Waals surface area (Å²) in [4.78, 5) is 0. The number of benzene rings is 1. The predicted octanol–water partition coefficient (Wildman–Crippen LogP) is 2.24. The van der Waals surface area contributed by atoms with Crippen molar-refractivity contribution in [1.29, 1.82) is 0 Å². The van der Waals surface area contributed by atoms with Crippen LogP contribution in [0.25, 0.3) is 11.1 Å². The maximum Gasteiger partial charge on any atom is 0.126 e. The van der Waals surface area contributed by atoms with Gasteiger partial charge in [-0.1, -0.05) is 24.3 Å². The Morgan fingerprint density at radius 1 is 1.35 bits per heavy atom. The normalized spacial score (nSPS) is 12.6. The van der Waals surface area contributed by atoms with Crippen molar-refractivity contribution >= 4 is 5.82 Å². The number of nitrogens with two attached hydrogens (primary N) is 1. The Balaban J connectivity index is 2.16. The summed E-state index contributed by atoms with van der Waals surface area (Å²) >= 11 is 0. The molecule has 0 spiro atoms. The largest absolute Gasteiger partial charge is 0.384 e. The van der Waals surface area contributed by atoms with Gasteiger partial charge in [0.2, 0.25) is 0 Å². The van der Waals surface area contributed by atoms with Gasteiger partial charge in [0.05, 0.1) is 12.3 Å². The number of hydrogen-bond donors (Lipinski definition) is 2. The lowest BCUT2D eigenvalue weighted by atomic mass is 10.0. The lowest BCUT2D eigenvalue weighted by Crippen LogP contribution is -2.08. The van der Waals surface area contributed by atoms with Crippen LogP contribution >= 0.6 is 0 Å². The third-order valence-electron chi connectivity index (χ3n) is 2.86. The number of nitrogens with one attached hydrogen (secondary N) is 1. The van der Waals surface area contributed by atoms with Crippen molar-refractivity contribution in [3.63, 3.8) is 0 Å². The topological polar surface area (TPSA) is 63.9 Å². The Hall–Kier alpha value is -1.81. The molecule has 1 unspecified atom stereocenters. The lowest BCUT2D eigenvalue weighted by molar-refractivity contribution is 0.119. The summed E-state index contributed by atoms with van der Waals surface area (Å²) < 4.78 is 5.24. The molecule has 1 aromatic carbocycles. The summed E-state index contributed by atoms with van der Waals surface area (Å²) in [6.07, 6.45) is 2.89. The molecule has 0 aliphatic carbocycles. The summed E-state index contributed by atoms with van der Waals surface area (Å²) in [7, 11) is 1.73. The van der Waals surface area contributed by atoms with Gasteiger partial charge < -0.3 is 10.5 Å². The van der Waals surface area contributed by atoms with Crippen molar-refractivity contribution < 1.29 is 4.74 Å². The van der Waals surface area contributed by atoms with E-state index < -0.39 is 0 Å². The highest BCUT2D eigenvalue weighted by molar-refractivity contribution is 5.72. The molecule has 4 heteroatoms. The number of aromatic nitrogens is 2. The first-order chi connectivity index (χ1) is 8.20. The lowest BCUT2D eigenvalue weighted by Gasteiger charge is -2.09. The number of nitrogens with zero attached hydrogens (tertiary/aromatic N) is 1. The highest BCUT2D eigenvalue weighted by Crippen LogP contribution is 2.23. The standard InChI is InChI=1S/C13H17N3O/c1-9(17-2)7-10-3-5-11(6-4-10)12-8-15-16-13(12)14/h3-6,8-9H,7H2,1-2H3,(H3,14,15,16). The van der Waals surface area contributed by atoms with Gasteiger partial charge in [0, 0.05) is 12.7 Å². The Morgan fingerprint density at radius 2 is 2.06 bits per heavy atom. The van der Waals surface area contributed by atoms with E-state index in [0.29, 0.717) is 5.82 Å². The zero-order chi connectivity index (χ0) is 12.3. The Kier molecular flexibility index (Phi) is 3.44. The molecule has 17 heavy (non-hydrogen) atoms. The van der Waals surface area contributed by atoms with Crippen LogP contribution in [0.5, 0.6) is 0 Å². The average Bonchev–Trinajstić information content (AvgIpc) is 2.76. The average molecular weight is 231 g/mol. The van der Waals surface area contributed by atoms with Crippen molar-refractivity contribution in [2.75, 3.05) is 12.8 Å². The second-order valence-electron chi connectivity index (χ2n) is 4.14. The SMILES string of the molecule is COC(C)Cc1ccc(-c2cn[nH]c2N)cc1. The molecule has 1 aromatic heterocycles. The molecule has 0 aliphatic heterocycles. The second-order valence-corrected chi connectivity index (χ2v) is 4.14. The molecule has 1 atom stereocenters. The van der Waals surface area contributed by atoms with E-state index in [1.165, 1.54) is 5.56 Å². The molecular formula is C13H17N3O. The molecule has 0 saturated heterocycles. The fraction of sp³-hybridized carbons (Fsp3) is 0.308. The fourth-order valence-corrected chi connectivity index (χ4v) is 1.76. The van der Waals surface area contributed by atoms with Gasteiger partial charge in [-0.25, -0.2) is 0 Å². The van der Waals surface area contributed by atoms with Crippen molar-refractivity contribution in [2.45, 2.75) is 19.4 Å². The molecule has 0 amide bonds. The van der Waals surface area contributed by atoms with E-state index in [2.05, 4.69) is 41.4 Å². The van der Waals surface area contributed by atoms with E-state index in [4.69, 9.17) is 10.5 Å². The van der Waals surface area contributed by atoms with Crippen molar-refractivity contribution in [3.05, 3.63) is 36.0 Å². The quantitative estimate of drug-likeness (QED) is 0.848. The summed E-state index contributed by atoms with van der Waals surface area (Å²) in [5.41, 5.74) is 9.04. The number of methoxy groups -OCH3 is 1. The van der Waals surface area contributed by atoms with Crippen LogP contribution in [0.4, 0.5) is 5.82 Å². The van der Waals surface area contributed by atoms with E-state index >= 15 is 0 Å². The van der Waals surface area contributed by atoms with Crippen LogP contribution in [0.2, 0.25) is 0 Å². The zero-order valence-corrected chi connectivity index (χ0v) is 10.1. The second kappa shape index (κ2) is 5.01. The van der Waals surface area contributed by atoms with Crippen molar-refractivity contribution in [3.8, 4) is 11.1 Å².